The van der Waals surface area contributed by atoms with E-state index in [0.717, 1.165) is 5.56 Å². The molecule has 5 rings (SSSR count). The Morgan fingerprint density at radius 2 is 2.00 bits per heavy atom. The summed E-state index contributed by atoms with van der Waals surface area (Å²) in [6.07, 6.45) is 2.75. The quantitative estimate of drug-likeness (QED) is 0.527. The fourth-order valence-electron chi connectivity index (χ4n) is 4.53. The Hall–Kier alpha value is -3.42. The molecule has 0 saturated heterocycles. The number of nitrogens with zero attached hydrogens (tertiary/aromatic N) is 1. The van der Waals surface area contributed by atoms with Crippen LogP contribution in [0.15, 0.2) is 54.9 Å². The number of hydrogen-bond donors (Lipinski definition) is 3. The molecule has 7 nitrogen and oxygen atoms in total. The number of nitrogens with one attached hydrogen (secondary N) is 1. The van der Waals surface area contributed by atoms with Gasteiger partial charge in [0.15, 0.2) is 0 Å². The van der Waals surface area contributed by atoms with Crippen molar-refractivity contribution in [1.82, 2.24) is 10.3 Å². The van der Waals surface area contributed by atoms with Gasteiger partial charge in [0.1, 0.15) is 5.75 Å². The Bertz CT molecular complexity index is 1310. The van der Waals surface area contributed by atoms with E-state index in [1.807, 2.05) is 19.9 Å². The number of rotatable bonds is 3. The van der Waals surface area contributed by atoms with Crippen molar-refractivity contribution in [3.63, 3.8) is 0 Å². The number of aliphatic hydroxyl groups is 1. The van der Waals surface area contributed by atoms with Crippen LogP contribution in [0.2, 0.25) is 5.02 Å². The average Bonchev–Trinajstić information content (AvgIpc) is 3.11. The van der Waals surface area contributed by atoms with Gasteiger partial charge in [-0.15, -0.1) is 0 Å². The average molecular weight is 450 g/mol. The number of nitrogens with two attached hydrogens (primary N) is 1. The Balaban J connectivity index is 1.75. The summed E-state index contributed by atoms with van der Waals surface area (Å²) in [5, 5.41) is 14.8. The zero-order valence-electron chi connectivity index (χ0n) is 17.3. The zero-order chi connectivity index (χ0) is 22.8. The van der Waals surface area contributed by atoms with E-state index in [1.165, 1.54) is 18.5 Å². The molecule has 2 heterocycles. The number of aromatic nitrogens is 1. The predicted molar refractivity (Wildman–Crippen MR) is 119 cm³/mol. The van der Waals surface area contributed by atoms with Crippen LogP contribution in [0.3, 0.4) is 0 Å². The van der Waals surface area contributed by atoms with E-state index in [4.69, 9.17) is 22.1 Å². The highest BCUT2D eigenvalue weighted by molar-refractivity contribution is 6.34. The number of fused-ring (bicyclic) bond motifs is 5. The third-order valence-electron chi connectivity index (χ3n) is 6.19. The molecule has 1 aromatic heterocycles. The molecule has 2 aliphatic rings. The Labute approximate surface area is 189 Å². The maximum Gasteiger partial charge on any atom is 0.271 e. The number of pyridine rings is 1. The maximum atomic E-state index is 13.9. The summed E-state index contributed by atoms with van der Waals surface area (Å²) >= 11 is 6.19. The molecule has 0 saturated carbocycles. The Morgan fingerprint density at radius 3 is 2.72 bits per heavy atom. The summed E-state index contributed by atoms with van der Waals surface area (Å²) in [6, 6.07) is 11.6. The number of Topliss-reactive ketones (excluding diaryl/α,β-unsaturated/α-hetero) is 1. The van der Waals surface area contributed by atoms with E-state index < -0.39 is 23.0 Å². The first-order valence-electron chi connectivity index (χ1n) is 10.1. The molecule has 2 unspecified atom stereocenters. The molecule has 2 aromatic carbocycles. The molecule has 1 amide bonds. The highest BCUT2D eigenvalue weighted by atomic mass is 35.5. The van der Waals surface area contributed by atoms with Crippen LogP contribution in [0.1, 0.15) is 57.2 Å². The largest absolute Gasteiger partial charge is 0.454 e. The van der Waals surface area contributed by atoms with Crippen LogP contribution in [-0.4, -0.2) is 21.8 Å². The number of hydrogen-bond acceptors (Lipinski definition) is 6. The lowest BCUT2D eigenvalue weighted by atomic mass is 9.82. The van der Waals surface area contributed by atoms with Gasteiger partial charge in [0.2, 0.25) is 11.3 Å². The lowest BCUT2D eigenvalue weighted by Gasteiger charge is -2.34. The fraction of sp³-hybridized carbons (Fsp3) is 0.208. The molecule has 3 aromatic rings. The van der Waals surface area contributed by atoms with Gasteiger partial charge < -0.3 is 20.9 Å². The van der Waals surface area contributed by atoms with Crippen molar-refractivity contribution in [2.24, 2.45) is 0 Å². The summed E-state index contributed by atoms with van der Waals surface area (Å²) in [5.41, 5.74) is 6.04. The van der Waals surface area contributed by atoms with E-state index in [-0.39, 0.29) is 33.3 Å². The van der Waals surface area contributed by atoms with Crippen LogP contribution in [0.5, 0.6) is 5.75 Å². The van der Waals surface area contributed by atoms with Crippen LogP contribution in [0.25, 0.3) is 0 Å². The molecular formula is C24H20ClN3O4. The van der Waals surface area contributed by atoms with Gasteiger partial charge in [-0.05, 0) is 29.7 Å². The first kappa shape index (κ1) is 20.5. The van der Waals surface area contributed by atoms with Gasteiger partial charge in [0.25, 0.3) is 11.7 Å². The van der Waals surface area contributed by atoms with Crippen molar-refractivity contribution in [1.29, 1.82) is 0 Å². The third-order valence-corrected chi connectivity index (χ3v) is 6.51. The molecule has 162 valence electrons. The Kier molecular flexibility index (Phi) is 4.34. The number of carbonyl (C=O) groups is 2. The van der Waals surface area contributed by atoms with Crippen molar-refractivity contribution in [2.75, 3.05) is 5.73 Å². The second-order valence-electron chi connectivity index (χ2n) is 8.31. The lowest BCUT2D eigenvalue weighted by Crippen LogP contribution is -2.60. The molecule has 0 bridgehead atoms. The number of halogens is 1. The van der Waals surface area contributed by atoms with Crippen molar-refractivity contribution in [2.45, 2.75) is 31.1 Å². The highest BCUT2D eigenvalue weighted by Gasteiger charge is 2.72. The predicted octanol–water partition coefficient (Wildman–Crippen LogP) is 3.50. The minimum Gasteiger partial charge on any atom is -0.454 e. The fourth-order valence-corrected chi connectivity index (χ4v) is 4.72. The zero-order valence-corrected chi connectivity index (χ0v) is 18.1. The number of anilines is 1. The molecule has 0 radical (unpaired) electrons. The monoisotopic (exact) mass is 449 g/mol. The summed E-state index contributed by atoms with van der Waals surface area (Å²) < 4.78 is 6.05. The van der Waals surface area contributed by atoms with Crippen LogP contribution in [0, 0.1) is 0 Å². The van der Waals surface area contributed by atoms with Gasteiger partial charge in [-0.2, -0.15) is 0 Å². The lowest BCUT2D eigenvalue weighted by molar-refractivity contribution is -0.169. The van der Waals surface area contributed by atoms with Gasteiger partial charge in [-0.3, -0.25) is 14.6 Å². The van der Waals surface area contributed by atoms with Gasteiger partial charge in [0, 0.05) is 29.2 Å². The molecule has 0 spiro atoms. The van der Waals surface area contributed by atoms with Crippen LogP contribution >= 0.6 is 11.6 Å². The normalized spacial score (nSPS) is 22.8. The molecule has 1 aliphatic carbocycles. The van der Waals surface area contributed by atoms with E-state index in [1.54, 1.807) is 30.3 Å². The highest BCUT2D eigenvalue weighted by Crippen LogP contribution is 2.59. The standard InChI is InChI=1S/C24H20ClN3O4/c1-12(2)13-6-7-15-19(10-13)32-24(31)16-4-3-5-18(26)20(16)21(29)23(15,24)28-22(30)14-11-27-9-8-17(14)25/h3-12,31H,26H2,1-2H3,(H,28,30). The second kappa shape index (κ2) is 6.79. The number of ketones is 1. The van der Waals surface area contributed by atoms with Gasteiger partial charge in [-0.25, -0.2) is 0 Å². The van der Waals surface area contributed by atoms with E-state index in [2.05, 4.69) is 10.3 Å². The van der Waals surface area contributed by atoms with Gasteiger partial charge in [0.05, 0.1) is 16.1 Å². The minimum absolute atomic E-state index is 0.0647. The SMILES string of the molecule is CC(C)c1ccc2c(c1)OC1(O)c3cccc(N)c3C(=O)C21NC(=O)c1cnccc1Cl. The van der Waals surface area contributed by atoms with Crippen molar-refractivity contribution < 1.29 is 19.4 Å². The maximum absolute atomic E-state index is 13.9. The second-order valence-corrected chi connectivity index (χ2v) is 8.72. The van der Waals surface area contributed by atoms with Crippen LogP contribution in [-0.2, 0) is 11.3 Å². The molecule has 1 aliphatic heterocycles. The summed E-state index contributed by atoms with van der Waals surface area (Å²) in [7, 11) is 0. The summed E-state index contributed by atoms with van der Waals surface area (Å²) in [4.78, 5) is 31.1. The van der Waals surface area contributed by atoms with E-state index >= 15 is 0 Å². The molecule has 0 fully saturated rings. The summed E-state index contributed by atoms with van der Waals surface area (Å²) in [5.74, 6) is -2.91. The van der Waals surface area contributed by atoms with E-state index in [0.29, 0.717) is 11.3 Å². The molecule has 4 N–H and O–H groups in total. The van der Waals surface area contributed by atoms with Gasteiger partial charge in [-0.1, -0.05) is 49.7 Å². The molecular weight excluding hydrogens is 430 g/mol. The van der Waals surface area contributed by atoms with Crippen molar-refractivity contribution in [3.05, 3.63) is 87.7 Å². The number of ether oxygens (including phenoxy) is 1. The first-order valence-corrected chi connectivity index (χ1v) is 10.5. The molecule has 8 heteroatoms. The summed E-state index contributed by atoms with van der Waals surface area (Å²) in [6.45, 7) is 4.05. The van der Waals surface area contributed by atoms with Gasteiger partial charge >= 0.3 is 0 Å². The third kappa shape index (κ3) is 2.49. The van der Waals surface area contributed by atoms with Crippen LogP contribution in [0.4, 0.5) is 5.69 Å². The van der Waals surface area contributed by atoms with Crippen LogP contribution < -0.4 is 15.8 Å². The number of benzene rings is 2. The Morgan fingerprint density at radius 1 is 1.22 bits per heavy atom. The number of carbonyl (C=O) groups excluding carboxylic acids is 2. The minimum atomic E-state index is -2.18. The topological polar surface area (TPSA) is 115 Å². The molecule has 2 atom stereocenters. The molecule has 32 heavy (non-hydrogen) atoms. The number of nitrogen functional groups attached to an aromatic ring is 1. The smallest absolute Gasteiger partial charge is 0.271 e. The van der Waals surface area contributed by atoms with Crippen molar-refractivity contribution >= 4 is 29.0 Å². The first-order chi connectivity index (χ1) is 15.2. The van der Waals surface area contributed by atoms with Crippen molar-refractivity contribution in [3.8, 4) is 5.75 Å². The van der Waals surface area contributed by atoms with E-state index in [9.17, 15) is 14.7 Å². The number of amides is 1.